The van der Waals surface area contributed by atoms with Crippen molar-refractivity contribution in [2.45, 2.75) is 42.7 Å². The van der Waals surface area contributed by atoms with E-state index in [9.17, 15) is 4.79 Å². The fourth-order valence-electron chi connectivity index (χ4n) is 1.72. The van der Waals surface area contributed by atoms with E-state index in [0.29, 0.717) is 0 Å². The third kappa shape index (κ3) is 3.41. The summed E-state index contributed by atoms with van der Waals surface area (Å²) >= 11 is 3.05. The van der Waals surface area contributed by atoms with Crippen LogP contribution in [0.1, 0.15) is 25.6 Å². The second-order valence-electron chi connectivity index (χ2n) is 3.97. The molecular formula is C10H16N4O2S2. The van der Waals surface area contributed by atoms with E-state index >= 15 is 0 Å². The summed E-state index contributed by atoms with van der Waals surface area (Å²) in [7, 11) is 0. The Bertz CT molecular complexity index is 412. The zero-order chi connectivity index (χ0) is 13.0. The van der Waals surface area contributed by atoms with Crippen LogP contribution in [0.2, 0.25) is 0 Å². The number of amides is 1. The van der Waals surface area contributed by atoms with Gasteiger partial charge < -0.3 is 4.74 Å². The first-order valence-electron chi connectivity index (χ1n) is 5.84. The maximum atomic E-state index is 11.3. The van der Waals surface area contributed by atoms with Gasteiger partial charge in [0.1, 0.15) is 11.9 Å². The Morgan fingerprint density at radius 2 is 2.50 bits per heavy atom. The lowest BCUT2D eigenvalue weighted by Crippen LogP contribution is -2.39. The van der Waals surface area contributed by atoms with Crippen LogP contribution < -0.4 is 11.3 Å². The number of hydrogen-bond donors (Lipinski definition) is 2. The topological polar surface area (TPSA) is 90.1 Å². The van der Waals surface area contributed by atoms with Gasteiger partial charge in [-0.15, -0.1) is 0 Å². The van der Waals surface area contributed by atoms with Gasteiger partial charge in [-0.05, 0) is 24.4 Å². The number of nitrogens with one attached hydrogen (secondary N) is 1. The minimum atomic E-state index is -0.402. The number of hydrazine groups is 1. The zero-order valence-electron chi connectivity index (χ0n) is 10.1. The minimum absolute atomic E-state index is 0.0891. The standard InChI is InChI=1S/C10H16N4O2S2/c1-2-8-12-10(18-14-8)17-5-6-3-4-7(16-6)9(15)13-11/h6-7H,2-5,11H2,1H3,(H,13,15). The molecule has 0 saturated carbocycles. The third-order valence-corrected chi connectivity index (χ3v) is 4.70. The van der Waals surface area contributed by atoms with Gasteiger partial charge in [0.2, 0.25) is 0 Å². The van der Waals surface area contributed by atoms with Crippen LogP contribution in [0.15, 0.2) is 4.34 Å². The van der Waals surface area contributed by atoms with Gasteiger partial charge in [0.05, 0.1) is 6.10 Å². The average molecular weight is 288 g/mol. The molecule has 100 valence electrons. The Kier molecular flexibility index (Phi) is 4.93. The summed E-state index contributed by atoms with van der Waals surface area (Å²) in [6.45, 7) is 2.03. The lowest BCUT2D eigenvalue weighted by Gasteiger charge is -2.11. The van der Waals surface area contributed by atoms with E-state index in [-0.39, 0.29) is 12.0 Å². The van der Waals surface area contributed by atoms with Crippen LogP contribution in [0, 0.1) is 0 Å². The Balaban J connectivity index is 1.76. The van der Waals surface area contributed by atoms with E-state index < -0.39 is 6.10 Å². The molecule has 1 aromatic rings. The number of aryl methyl sites for hydroxylation is 1. The van der Waals surface area contributed by atoms with Gasteiger partial charge in [-0.2, -0.15) is 4.37 Å². The summed E-state index contributed by atoms with van der Waals surface area (Å²) in [5.74, 6) is 6.52. The minimum Gasteiger partial charge on any atom is -0.364 e. The summed E-state index contributed by atoms with van der Waals surface area (Å²) in [4.78, 5) is 15.7. The van der Waals surface area contributed by atoms with Crippen molar-refractivity contribution in [3.05, 3.63) is 5.82 Å². The van der Waals surface area contributed by atoms with Gasteiger partial charge >= 0.3 is 0 Å². The van der Waals surface area contributed by atoms with Gasteiger partial charge in [-0.25, -0.2) is 10.8 Å². The van der Waals surface area contributed by atoms with Gasteiger partial charge in [0.15, 0.2) is 4.34 Å². The van der Waals surface area contributed by atoms with Crippen molar-refractivity contribution in [2.75, 3.05) is 5.75 Å². The fraction of sp³-hybridized carbons (Fsp3) is 0.700. The number of hydrogen-bond acceptors (Lipinski definition) is 7. The van der Waals surface area contributed by atoms with E-state index in [1.165, 1.54) is 11.5 Å². The lowest BCUT2D eigenvalue weighted by atomic mass is 10.2. The van der Waals surface area contributed by atoms with E-state index in [0.717, 1.165) is 35.2 Å². The zero-order valence-corrected chi connectivity index (χ0v) is 11.7. The van der Waals surface area contributed by atoms with Gasteiger partial charge in [0, 0.05) is 12.2 Å². The molecule has 1 saturated heterocycles. The maximum absolute atomic E-state index is 11.3. The summed E-state index contributed by atoms with van der Waals surface area (Å²) in [6.07, 6.45) is 2.15. The predicted molar refractivity (Wildman–Crippen MR) is 70.2 cm³/mol. The molecule has 1 fully saturated rings. The molecule has 2 atom stereocenters. The first-order chi connectivity index (χ1) is 8.72. The molecule has 1 aliphatic heterocycles. The van der Waals surface area contributed by atoms with Crippen molar-refractivity contribution < 1.29 is 9.53 Å². The molecule has 2 unspecified atom stereocenters. The van der Waals surface area contributed by atoms with E-state index in [1.807, 2.05) is 6.92 Å². The number of ether oxygens (including phenoxy) is 1. The molecule has 2 heterocycles. The molecule has 3 N–H and O–H groups in total. The van der Waals surface area contributed by atoms with Crippen molar-refractivity contribution in [3.8, 4) is 0 Å². The number of nitrogens with zero attached hydrogens (tertiary/aromatic N) is 2. The molecule has 0 radical (unpaired) electrons. The highest BCUT2D eigenvalue weighted by Crippen LogP contribution is 2.27. The molecule has 2 rings (SSSR count). The molecular weight excluding hydrogens is 272 g/mol. The smallest absolute Gasteiger partial charge is 0.263 e. The molecule has 1 aromatic heterocycles. The molecule has 1 amide bonds. The predicted octanol–water partition coefficient (Wildman–Crippen LogP) is 0.730. The highest BCUT2D eigenvalue weighted by atomic mass is 32.2. The van der Waals surface area contributed by atoms with Crippen LogP contribution in [0.5, 0.6) is 0 Å². The van der Waals surface area contributed by atoms with Crippen LogP contribution in [-0.2, 0) is 16.0 Å². The molecule has 1 aliphatic rings. The summed E-state index contributed by atoms with van der Waals surface area (Å²) in [6, 6.07) is 0. The van der Waals surface area contributed by atoms with Gasteiger partial charge in [0.25, 0.3) is 5.91 Å². The summed E-state index contributed by atoms with van der Waals surface area (Å²) in [5, 5.41) is 0. The quantitative estimate of drug-likeness (QED) is 0.359. The normalized spacial score (nSPS) is 23.2. The van der Waals surface area contributed by atoms with Crippen molar-refractivity contribution in [1.29, 1.82) is 0 Å². The largest absolute Gasteiger partial charge is 0.364 e. The second-order valence-corrected chi connectivity index (χ2v) is 5.99. The molecule has 18 heavy (non-hydrogen) atoms. The van der Waals surface area contributed by atoms with Crippen molar-refractivity contribution in [3.63, 3.8) is 0 Å². The van der Waals surface area contributed by atoms with E-state index in [2.05, 4.69) is 14.8 Å². The highest BCUT2D eigenvalue weighted by molar-refractivity contribution is 8.00. The number of thioether (sulfide) groups is 1. The van der Waals surface area contributed by atoms with Gasteiger partial charge in [-0.1, -0.05) is 18.7 Å². The Labute approximate surface area is 114 Å². The van der Waals surface area contributed by atoms with E-state index in [4.69, 9.17) is 10.6 Å². The van der Waals surface area contributed by atoms with Crippen molar-refractivity contribution >= 4 is 29.2 Å². The lowest BCUT2D eigenvalue weighted by molar-refractivity contribution is -0.131. The Morgan fingerprint density at radius 3 is 3.17 bits per heavy atom. The number of aromatic nitrogens is 2. The van der Waals surface area contributed by atoms with Crippen molar-refractivity contribution in [2.24, 2.45) is 5.84 Å². The number of rotatable bonds is 5. The molecule has 0 bridgehead atoms. The van der Waals surface area contributed by atoms with E-state index in [1.54, 1.807) is 11.8 Å². The van der Waals surface area contributed by atoms with Crippen LogP contribution >= 0.6 is 23.3 Å². The molecule has 8 heteroatoms. The summed E-state index contributed by atoms with van der Waals surface area (Å²) in [5.41, 5.74) is 2.12. The number of carbonyl (C=O) groups excluding carboxylic acids is 1. The molecule has 0 aliphatic carbocycles. The molecule has 0 spiro atoms. The Hall–Kier alpha value is -0.700. The van der Waals surface area contributed by atoms with Crippen LogP contribution in [-0.4, -0.2) is 33.2 Å². The molecule has 0 aromatic carbocycles. The first kappa shape index (κ1) is 13.7. The van der Waals surface area contributed by atoms with Crippen LogP contribution in [0.3, 0.4) is 0 Å². The van der Waals surface area contributed by atoms with Crippen LogP contribution in [0.25, 0.3) is 0 Å². The fourth-order valence-corrected chi connectivity index (χ4v) is 3.49. The second kappa shape index (κ2) is 6.46. The SMILES string of the molecule is CCc1nsc(SCC2CCC(C(=O)NN)O2)n1. The Morgan fingerprint density at radius 1 is 1.67 bits per heavy atom. The monoisotopic (exact) mass is 288 g/mol. The number of carbonyl (C=O) groups is 1. The van der Waals surface area contributed by atoms with Crippen LogP contribution in [0.4, 0.5) is 0 Å². The molecule has 6 nitrogen and oxygen atoms in total. The van der Waals surface area contributed by atoms with Gasteiger partial charge in [-0.3, -0.25) is 10.2 Å². The average Bonchev–Trinajstić information content (AvgIpc) is 3.04. The number of nitrogens with two attached hydrogens (primary N) is 1. The highest BCUT2D eigenvalue weighted by Gasteiger charge is 2.30. The summed E-state index contributed by atoms with van der Waals surface area (Å²) < 4.78 is 10.8. The van der Waals surface area contributed by atoms with Crippen molar-refractivity contribution in [1.82, 2.24) is 14.8 Å². The first-order valence-corrected chi connectivity index (χ1v) is 7.60. The maximum Gasteiger partial charge on any atom is 0.263 e. The third-order valence-electron chi connectivity index (χ3n) is 2.70.